The van der Waals surface area contributed by atoms with Crippen LogP contribution in [0.4, 0.5) is 17.6 Å². The minimum absolute atomic E-state index is 0.00348. The molecule has 0 fully saturated rings. The van der Waals surface area contributed by atoms with Gasteiger partial charge >= 0.3 is 12.1 Å². The fourth-order valence-corrected chi connectivity index (χ4v) is 3.54. The van der Waals surface area contributed by atoms with Crippen molar-refractivity contribution in [1.29, 1.82) is 0 Å². The molecule has 0 amide bonds. The first-order valence-electron chi connectivity index (χ1n) is 9.21. The molecule has 0 aliphatic heterocycles. The number of fused-ring (bicyclic) bond motifs is 1. The van der Waals surface area contributed by atoms with Gasteiger partial charge < -0.3 is 5.11 Å². The summed E-state index contributed by atoms with van der Waals surface area (Å²) in [5.41, 5.74) is -0.176. The number of aromatic carboxylic acids is 1. The monoisotopic (exact) mass is 429 g/mol. The highest BCUT2D eigenvalue weighted by atomic mass is 19.4. The summed E-state index contributed by atoms with van der Waals surface area (Å²) in [6.07, 6.45) is -3.08. The van der Waals surface area contributed by atoms with E-state index in [1.165, 1.54) is 41.2 Å². The summed E-state index contributed by atoms with van der Waals surface area (Å²) < 4.78 is 56.6. The Labute approximate surface area is 173 Å². The summed E-state index contributed by atoms with van der Waals surface area (Å²) in [7, 11) is 0. The molecular weight excluding hydrogens is 414 g/mol. The van der Waals surface area contributed by atoms with Gasteiger partial charge in [-0.05, 0) is 48.9 Å². The maximum atomic E-state index is 14.7. The Morgan fingerprint density at radius 1 is 1.10 bits per heavy atom. The molecule has 5 nitrogen and oxygen atoms in total. The van der Waals surface area contributed by atoms with E-state index in [-0.39, 0.29) is 22.4 Å². The van der Waals surface area contributed by atoms with Gasteiger partial charge in [0, 0.05) is 11.8 Å². The van der Waals surface area contributed by atoms with Gasteiger partial charge in [-0.25, -0.2) is 9.18 Å². The second kappa shape index (κ2) is 7.50. The molecule has 2 heterocycles. The maximum absolute atomic E-state index is 14.7. The SMILES string of the molecule is CC(c1ccccc1C(F)(F)F)n1nc(-c2ccc(C(=O)O)cc2F)c2ncccc21. The van der Waals surface area contributed by atoms with Crippen LogP contribution in [-0.4, -0.2) is 25.8 Å². The van der Waals surface area contributed by atoms with Crippen molar-refractivity contribution in [3.8, 4) is 11.3 Å². The molecule has 0 aliphatic rings. The lowest BCUT2D eigenvalue weighted by Gasteiger charge is -2.19. The van der Waals surface area contributed by atoms with Crippen LogP contribution in [0.2, 0.25) is 0 Å². The van der Waals surface area contributed by atoms with Crippen LogP contribution >= 0.6 is 0 Å². The van der Waals surface area contributed by atoms with E-state index in [9.17, 15) is 22.4 Å². The average Bonchev–Trinajstić information content (AvgIpc) is 3.12. The summed E-state index contributed by atoms with van der Waals surface area (Å²) in [6, 6.07) is 11.0. The Balaban J connectivity index is 1.91. The molecule has 0 radical (unpaired) electrons. The highest BCUT2D eigenvalue weighted by molar-refractivity contribution is 5.92. The van der Waals surface area contributed by atoms with Crippen molar-refractivity contribution >= 4 is 17.0 Å². The van der Waals surface area contributed by atoms with Gasteiger partial charge in [0.05, 0.1) is 22.7 Å². The number of carboxylic acids is 1. The molecule has 158 valence electrons. The van der Waals surface area contributed by atoms with Crippen LogP contribution < -0.4 is 0 Å². The van der Waals surface area contributed by atoms with Crippen LogP contribution in [0.25, 0.3) is 22.3 Å². The first-order valence-corrected chi connectivity index (χ1v) is 9.21. The maximum Gasteiger partial charge on any atom is 0.416 e. The normalized spacial score (nSPS) is 12.8. The molecule has 0 spiro atoms. The third kappa shape index (κ3) is 3.63. The molecule has 0 saturated carbocycles. The average molecular weight is 429 g/mol. The number of halogens is 4. The lowest BCUT2D eigenvalue weighted by Crippen LogP contribution is -2.16. The molecule has 1 unspecified atom stereocenters. The number of hydrogen-bond donors (Lipinski definition) is 1. The van der Waals surface area contributed by atoms with Gasteiger partial charge in [-0.1, -0.05) is 18.2 Å². The first kappa shape index (κ1) is 20.5. The van der Waals surface area contributed by atoms with E-state index >= 15 is 0 Å². The minimum atomic E-state index is -4.55. The van der Waals surface area contributed by atoms with Crippen molar-refractivity contribution in [2.75, 3.05) is 0 Å². The highest BCUT2D eigenvalue weighted by Crippen LogP contribution is 2.37. The van der Waals surface area contributed by atoms with Crippen molar-refractivity contribution < 1.29 is 27.5 Å². The van der Waals surface area contributed by atoms with E-state index in [0.29, 0.717) is 11.0 Å². The largest absolute Gasteiger partial charge is 0.478 e. The third-order valence-corrected chi connectivity index (χ3v) is 5.02. The predicted molar refractivity (Wildman–Crippen MR) is 105 cm³/mol. The predicted octanol–water partition coefficient (Wildman–Crippen LogP) is 5.56. The van der Waals surface area contributed by atoms with Crippen molar-refractivity contribution in [3.05, 3.63) is 83.3 Å². The van der Waals surface area contributed by atoms with Gasteiger partial charge in [0.2, 0.25) is 0 Å². The molecule has 9 heteroatoms. The van der Waals surface area contributed by atoms with Crippen molar-refractivity contribution in [1.82, 2.24) is 14.8 Å². The Morgan fingerprint density at radius 2 is 1.84 bits per heavy atom. The smallest absolute Gasteiger partial charge is 0.416 e. The number of carbonyl (C=O) groups is 1. The molecule has 0 aliphatic carbocycles. The fourth-order valence-electron chi connectivity index (χ4n) is 3.54. The van der Waals surface area contributed by atoms with Crippen LogP contribution in [0, 0.1) is 5.82 Å². The molecule has 0 bridgehead atoms. The molecule has 2 aromatic carbocycles. The molecule has 2 aromatic heterocycles. The topological polar surface area (TPSA) is 68.0 Å². The summed E-state index contributed by atoms with van der Waals surface area (Å²) in [4.78, 5) is 15.3. The molecular formula is C22H15F4N3O2. The zero-order chi connectivity index (χ0) is 22.3. The highest BCUT2D eigenvalue weighted by Gasteiger charge is 2.35. The molecule has 31 heavy (non-hydrogen) atoms. The summed E-state index contributed by atoms with van der Waals surface area (Å²) >= 11 is 0. The van der Waals surface area contributed by atoms with E-state index in [1.54, 1.807) is 19.1 Å². The molecule has 4 rings (SSSR count). The van der Waals surface area contributed by atoms with Crippen LogP contribution in [0.1, 0.15) is 34.5 Å². The number of aromatic nitrogens is 3. The van der Waals surface area contributed by atoms with E-state index in [4.69, 9.17) is 5.11 Å². The van der Waals surface area contributed by atoms with Crippen molar-refractivity contribution in [3.63, 3.8) is 0 Å². The van der Waals surface area contributed by atoms with E-state index < -0.39 is 29.6 Å². The minimum Gasteiger partial charge on any atom is -0.478 e. The van der Waals surface area contributed by atoms with Crippen molar-refractivity contribution in [2.24, 2.45) is 0 Å². The number of rotatable bonds is 4. The van der Waals surface area contributed by atoms with E-state index in [1.807, 2.05) is 0 Å². The third-order valence-electron chi connectivity index (χ3n) is 5.02. The summed E-state index contributed by atoms with van der Waals surface area (Å²) in [5.74, 6) is -2.10. The Kier molecular flexibility index (Phi) is 4.96. The Bertz CT molecular complexity index is 1300. The van der Waals surface area contributed by atoms with Gasteiger partial charge in [0.25, 0.3) is 0 Å². The van der Waals surface area contributed by atoms with Crippen LogP contribution in [0.5, 0.6) is 0 Å². The quantitative estimate of drug-likeness (QED) is 0.431. The number of benzene rings is 2. The Hall–Kier alpha value is -3.75. The number of alkyl halides is 3. The zero-order valence-corrected chi connectivity index (χ0v) is 16.1. The fraction of sp³-hybridized carbons (Fsp3) is 0.136. The van der Waals surface area contributed by atoms with Crippen molar-refractivity contribution in [2.45, 2.75) is 19.1 Å². The summed E-state index contributed by atoms with van der Waals surface area (Å²) in [6.45, 7) is 1.57. The van der Waals surface area contributed by atoms with Crippen LogP contribution in [-0.2, 0) is 6.18 Å². The van der Waals surface area contributed by atoms with Gasteiger partial charge in [-0.15, -0.1) is 0 Å². The van der Waals surface area contributed by atoms with Crippen LogP contribution in [0.15, 0.2) is 60.8 Å². The molecule has 1 N–H and O–H groups in total. The second-order valence-electron chi connectivity index (χ2n) is 6.93. The lowest BCUT2D eigenvalue weighted by atomic mass is 10.0. The van der Waals surface area contributed by atoms with E-state index in [0.717, 1.165) is 12.1 Å². The summed E-state index contributed by atoms with van der Waals surface area (Å²) in [5, 5.41) is 13.4. The number of pyridine rings is 1. The standard InChI is InChI=1S/C22H15F4N3O2/c1-12(14-5-2-3-6-16(14)22(24,25)26)29-18-7-4-10-27-20(18)19(28-29)15-9-8-13(21(30)31)11-17(15)23/h2-12H,1H3,(H,30,31). The molecule has 1 atom stereocenters. The van der Waals surface area contributed by atoms with Gasteiger partial charge in [-0.3, -0.25) is 9.67 Å². The first-order chi connectivity index (χ1) is 14.7. The van der Waals surface area contributed by atoms with Gasteiger partial charge in [0.1, 0.15) is 17.0 Å². The zero-order valence-electron chi connectivity index (χ0n) is 16.1. The van der Waals surface area contributed by atoms with Gasteiger partial charge in [-0.2, -0.15) is 18.3 Å². The molecule has 0 saturated heterocycles. The number of nitrogens with zero attached hydrogens (tertiary/aromatic N) is 3. The molecule has 4 aromatic rings. The number of carboxylic acid groups (broad SMARTS) is 1. The van der Waals surface area contributed by atoms with Crippen LogP contribution in [0.3, 0.4) is 0 Å². The Morgan fingerprint density at radius 3 is 2.52 bits per heavy atom. The van der Waals surface area contributed by atoms with E-state index in [2.05, 4.69) is 10.1 Å². The number of hydrogen-bond acceptors (Lipinski definition) is 3. The second-order valence-corrected chi connectivity index (χ2v) is 6.93. The van der Waals surface area contributed by atoms with Gasteiger partial charge in [0.15, 0.2) is 0 Å². The lowest BCUT2D eigenvalue weighted by molar-refractivity contribution is -0.138.